The van der Waals surface area contributed by atoms with E-state index >= 15 is 0 Å². The third kappa shape index (κ3) is 3.81. The van der Waals surface area contributed by atoms with E-state index in [4.69, 9.17) is 0 Å². The molecule has 4 nitrogen and oxygen atoms in total. The average Bonchev–Trinajstić information content (AvgIpc) is 2.96. The normalized spacial score (nSPS) is 14.4. The number of anilines is 1. The van der Waals surface area contributed by atoms with Gasteiger partial charge in [-0.25, -0.2) is 13.1 Å². The zero-order valence-electron chi connectivity index (χ0n) is 13.1. The molecular weight excluding hydrogens is 308 g/mol. The van der Waals surface area contributed by atoms with Crippen molar-refractivity contribution in [1.29, 1.82) is 0 Å². The highest BCUT2D eigenvalue weighted by atomic mass is 32.2. The van der Waals surface area contributed by atoms with Gasteiger partial charge in [0.2, 0.25) is 10.0 Å². The third-order valence-corrected chi connectivity index (χ3v) is 5.10. The molecule has 1 aliphatic rings. The Morgan fingerprint density at radius 1 is 1.17 bits per heavy atom. The number of benzene rings is 2. The first kappa shape index (κ1) is 15.8. The summed E-state index contributed by atoms with van der Waals surface area (Å²) < 4.78 is 25.2. The standard InChI is InChI=1S/C18H20N2O2S/c1-19-23(21,22)12-10-15-7-8-18-17(13-15)9-11-20(18)14-16-5-3-2-4-6-16/h2-8,10,12-13,19H,9,11,14H2,1H3/b12-10+. The van der Waals surface area contributed by atoms with Gasteiger partial charge in [-0.3, -0.25) is 0 Å². The summed E-state index contributed by atoms with van der Waals surface area (Å²) in [5.74, 6) is 0. The zero-order chi connectivity index (χ0) is 16.3. The summed E-state index contributed by atoms with van der Waals surface area (Å²) in [4.78, 5) is 2.36. The molecule has 0 aromatic heterocycles. The van der Waals surface area contributed by atoms with E-state index in [0.717, 1.165) is 25.1 Å². The highest BCUT2D eigenvalue weighted by molar-refractivity contribution is 7.92. The first-order valence-corrected chi connectivity index (χ1v) is 9.15. The van der Waals surface area contributed by atoms with Crippen LogP contribution < -0.4 is 9.62 Å². The second kappa shape index (κ2) is 6.56. The van der Waals surface area contributed by atoms with Crippen LogP contribution in [0.25, 0.3) is 6.08 Å². The first-order valence-electron chi connectivity index (χ1n) is 7.61. The molecule has 5 heteroatoms. The average molecular weight is 328 g/mol. The molecule has 2 aromatic carbocycles. The van der Waals surface area contributed by atoms with E-state index in [9.17, 15) is 8.42 Å². The molecule has 0 spiro atoms. The quantitative estimate of drug-likeness (QED) is 0.918. The molecule has 120 valence electrons. The smallest absolute Gasteiger partial charge is 0.233 e. The lowest BCUT2D eigenvalue weighted by Crippen LogP contribution is -2.19. The van der Waals surface area contributed by atoms with Gasteiger partial charge in [-0.1, -0.05) is 36.4 Å². The molecule has 0 fully saturated rings. The molecule has 0 unspecified atom stereocenters. The molecule has 0 bridgehead atoms. The second-order valence-corrected chi connectivity index (χ2v) is 7.37. The van der Waals surface area contributed by atoms with Crippen LogP contribution in [0.1, 0.15) is 16.7 Å². The summed E-state index contributed by atoms with van der Waals surface area (Å²) in [5, 5.41) is 1.20. The zero-order valence-corrected chi connectivity index (χ0v) is 13.9. The molecule has 0 amide bonds. The number of sulfonamides is 1. The van der Waals surface area contributed by atoms with Crippen LogP contribution in [0.4, 0.5) is 5.69 Å². The Kier molecular flexibility index (Phi) is 4.50. The minimum atomic E-state index is -3.32. The van der Waals surface area contributed by atoms with Crippen molar-refractivity contribution in [2.75, 3.05) is 18.5 Å². The molecule has 1 aliphatic heterocycles. The Morgan fingerprint density at radius 3 is 2.70 bits per heavy atom. The molecule has 0 saturated carbocycles. The van der Waals surface area contributed by atoms with Crippen LogP contribution in [-0.2, 0) is 23.0 Å². The van der Waals surface area contributed by atoms with E-state index < -0.39 is 10.0 Å². The molecule has 2 aromatic rings. The maximum Gasteiger partial charge on any atom is 0.233 e. The molecule has 0 atom stereocenters. The van der Waals surface area contributed by atoms with Crippen LogP contribution in [-0.4, -0.2) is 22.0 Å². The summed E-state index contributed by atoms with van der Waals surface area (Å²) in [6.45, 7) is 1.89. The van der Waals surface area contributed by atoms with Gasteiger partial charge >= 0.3 is 0 Å². The number of fused-ring (bicyclic) bond motifs is 1. The van der Waals surface area contributed by atoms with Crippen LogP contribution >= 0.6 is 0 Å². The Labute approximate surface area is 137 Å². The van der Waals surface area contributed by atoms with Crippen molar-refractivity contribution in [1.82, 2.24) is 4.72 Å². The maximum absolute atomic E-state index is 11.5. The van der Waals surface area contributed by atoms with Gasteiger partial charge in [-0.15, -0.1) is 0 Å². The first-order chi connectivity index (χ1) is 11.1. The van der Waals surface area contributed by atoms with E-state index in [2.05, 4.69) is 46.0 Å². The highest BCUT2D eigenvalue weighted by Gasteiger charge is 2.19. The van der Waals surface area contributed by atoms with Crippen molar-refractivity contribution in [3.8, 4) is 0 Å². The summed E-state index contributed by atoms with van der Waals surface area (Å²) in [6, 6.07) is 16.5. The SMILES string of the molecule is CNS(=O)(=O)/C=C/c1ccc2c(c1)CCN2Cc1ccccc1. The Hall–Kier alpha value is -2.11. The van der Waals surface area contributed by atoms with Crippen LogP contribution in [0.2, 0.25) is 0 Å². The van der Waals surface area contributed by atoms with E-state index in [-0.39, 0.29) is 0 Å². The Bertz CT molecular complexity index is 814. The number of nitrogens with zero attached hydrogens (tertiary/aromatic N) is 1. The van der Waals surface area contributed by atoms with E-state index in [0.29, 0.717) is 0 Å². The van der Waals surface area contributed by atoms with Crippen molar-refractivity contribution in [3.63, 3.8) is 0 Å². The maximum atomic E-state index is 11.5. The van der Waals surface area contributed by atoms with Crippen LogP contribution in [0.15, 0.2) is 53.9 Å². The van der Waals surface area contributed by atoms with Crippen LogP contribution in [0.5, 0.6) is 0 Å². The topological polar surface area (TPSA) is 49.4 Å². The fraction of sp³-hybridized carbons (Fsp3) is 0.222. The van der Waals surface area contributed by atoms with Crippen molar-refractivity contribution in [2.24, 2.45) is 0 Å². The summed E-state index contributed by atoms with van der Waals surface area (Å²) >= 11 is 0. The fourth-order valence-electron chi connectivity index (χ4n) is 2.80. The predicted octanol–water partition coefficient (Wildman–Crippen LogP) is 2.77. The third-order valence-electron chi connectivity index (χ3n) is 4.04. The van der Waals surface area contributed by atoms with Crippen molar-refractivity contribution < 1.29 is 8.42 Å². The van der Waals surface area contributed by atoms with Gasteiger partial charge in [0.1, 0.15) is 0 Å². The second-order valence-electron chi connectivity index (χ2n) is 5.60. The van der Waals surface area contributed by atoms with Gasteiger partial charge in [0.25, 0.3) is 0 Å². The molecule has 0 radical (unpaired) electrons. The molecular formula is C18H20N2O2S. The lowest BCUT2D eigenvalue weighted by molar-refractivity contribution is 0.597. The lowest BCUT2D eigenvalue weighted by Gasteiger charge is -2.19. The van der Waals surface area contributed by atoms with Gasteiger partial charge in [-0.05, 0) is 48.4 Å². The molecule has 0 aliphatic carbocycles. The molecule has 23 heavy (non-hydrogen) atoms. The van der Waals surface area contributed by atoms with E-state index in [1.54, 1.807) is 6.08 Å². The van der Waals surface area contributed by atoms with Gasteiger partial charge in [-0.2, -0.15) is 0 Å². The lowest BCUT2D eigenvalue weighted by atomic mass is 10.1. The minimum absolute atomic E-state index is 0.900. The molecule has 1 N–H and O–H groups in total. The van der Waals surface area contributed by atoms with Gasteiger partial charge in [0, 0.05) is 24.2 Å². The van der Waals surface area contributed by atoms with Crippen molar-refractivity contribution in [3.05, 3.63) is 70.6 Å². The van der Waals surface area contributed by atoms with Crippen molar-refractivity contribution in [2.45, 2.75) is 13.0 Å². The van der Waals surface area contributed by atoms with Gasteiger partial charge in [0.15, 0.2) is 0 Å². The Morgan fingerprint density at radius 2 is 1.96 bits per heavy atom. The number of rotatable bonds is 5. The van der Waals surface area contributed by atoms with E-state index in [1.807, 2.05) is 12.1 Å². The highest BCUT2D eigenvalue weighted by Crippen LogP contribution is 2.30. The van der Waals surface area contributed by atoms with Crippen LogP contribution in [0, 0.1) is 0 Å². The number of hydrogen-bond donors (Lipinski definition) is 1. The van der Waals surface area contributed by atoms with Gasteiger partial charge < -0.3 is 4.90 Å². The summed E-state index contributed by atoms with van der Waals surface area (Å²) in [6.07, 6.45) is 2.62. The van der Waals surface area contributed by atoms with Crippen molar-refractivity contribution >= 4 is 21.8 Å². The Balaban J connectivity index is 1.78. The minimum Gasteiger partial charge on any atom is -0.367 e. The predicted molar refractivity (Wildman–Crippen MR) is 94.7 cm³/mol. The van der Waals surface area contributed by atoms with E-state index in [1.165, 1.54) is 29.3 Å². The summed E-state index contributed by atoms with van der Waals surface area (Å²) in [5.41, 5.74) is 4.71. The number of hydrogen-bond acceptors (Lipinski definition) is 3. The summed E-state index contributed by atoms with van der Waals surface area (Å²) in [7, 11) is -1.92. The number of nitrogens with one attached hydrogen (secondary N) is 1. The molecule has 1 heterocycles. The molecule has 0 saturated heterocycles. The largest absolute Gasteiger partial charge is 0.367 e. The molecule has 3 rings (SSSR count). The van der Waals surface area contributed by atoms with Gasteiger partial charge in [0.05, 0.1) is 0 Å². The fourth-order valence-corrected chi connectivity index (χ4v) is 3.27. The van der Waals surface area contributed by atoms with Crippen LogP contribution in [0.3, 0.4) is 0 Å². The monoisotopic (exact) mass is 328 g/mol.